The molecule has 0 aromatic carbocycles. The van der Waals surface area contributed by atoms with Crippen LogP contribution in [0, 0.1) is 6.92 Å². The lowest BCUT2D eigenvalue weighted by Gasteiger charge is -2.18. The van der Waals surface area contributed by atoms with Gasteiger partial charge in [0.25, 0.3) is 0 Å². The van der Waals surface area contributed by atoms with E-state index in [1.807, 2.05) is 32.9 Å². The molecule has 5 nitrogen and oxygen atoms in total. The normalized spacial score (nSPS) is 10.5. The van der Waals surface area contributed by atoms with Crippen LogP contribution in [-0.2, 0) is 9.47 Å². The number of rotatable bonds is 7. The minimum Gasteiger partial charge on any atom is -0.357 e. The van der Waals surface area contributed by atoms with E-state index in [9.17, 15) is 0 Å². The topological polar surface area (TPSA) is 55.4 Å². The Balaban J connectivity index is 2.38. The average molecular weight is 283 g/mol. The molecule has 0 saturated heterocycles. The van der Waals surface area contributed by atoms with E-state index in [4.69, 9.17) is 21.7 Å². The number of hydrogen-bond donors (Lipinski definition) is 2. The van der Waals surface area contributed by atoms with Gasteiger partial charge in [-0.05, 0) is 50.7 Å². The highest BCUT2D eigenvalue weighted by atomic mass is 32.1. The second-order valence-electron chi connectivity index (χ2n) is 3.89. The summed E-state index contributed by atoms with van der Waals surface area (Å²) in [5, 5.41) is 6.57. The minimum absolute atomic E-state index is 0.291. The van der Waals surface area contributed by atoms with Gasteiger partial charge < -0.3 is 20.1 Å². The molecule has 106 valence electrons. The van der Waals surface area contributed by atoms with E-state index < -0.39 is 0 Å². The number of pyridine rings is 1. The highest BCUT2D eigenvalue weighted by Crippen LogP contribution is 2.04. The van der Waals surface area contributed by atoms with Gasteiger partial charge in [0.2, 0.25) is 0 Å². The molecule has 0 aliphatic rings. The van der Waals surface area contributed by atoms with Crippen molar-refractivity contribution >= 4 is 23.1 Å². The van der Waals surface area contributed by atoms with Crippen molar-refractivity contribution < 1.29 is 9.47 Å². The maximum absolute atomic E-state index is 5.41. The Hall–Kier alpha value is -1.24. The molecule has 0 atom stereocenters. The van der Waals surface area contributed by atoms with Crippen LogP contribution in [0.3, 0.4) is 0 Å². The number of aryl methyl sites for hydroxylation is 1. The molecular weight excluding hydrogens is 262 g/mol. The lowest BCUT2D eigenvalue weighted by molar-refractivity contribution is -0.130. The largest absolute Gasteiger partial charge is 0.357 e. The molecule has 0 fully saturated rings. The molecule has 0 aliphatic heterocycles. The summed E-state index contributed by atoms with van der Waals surface area (Å²) in [5.74, 6) is 0.724. The van der Waals surface area contributed by atoms with Crippen molar-refractivity contribution in [3.05, 3.63) is 23.9 Å². The Morgan fingerprint density at radius 3 is 2.63 bits per heavy atom. The number of hydrogen-bond acceptors (Lipinski definition) is 4. The first-order chi connectivity index (χ1) is 9.15. The van der Waals surface area contributed by atoms with Crippen molar-refractivity contribution in [1.29, 1.82) is 0 Å². The maximum Gasteiger partial charge on any atom is 0.174 e. The zero-order valence-electron chi connectivity index (χ0n) is 11.6. The number of ether oxygens (including phenoxy) is 2. The first kappa shape index (κ1) is 15.8. The Kier molecular flexibility index (Phi) is 7.32. The molecule has 1 aromatic heterocycles. The van der Waals surface area contributed by atoms with Gasteiger partial charge in [0.1, 0.15) is 5.82 Å². The molecule has 1 heterocycles. The number of nitrogens with one attached hydrogen (secondary N) is 2. The molecule has 0 saturated carbocycles. The lowest BCUT2D eigenvalue weighted by Crippen LogP contribution is -2.37. The summed E-state index contributed by atoms with van der Waals surface area (Å²) in [6.45, 7) is 7.57. The van der Waals surface area contributed by atoms with Crippen LogP contribution in [0.4, 0.5) is 5.82 Å². The third kappa shape index (κ3) is 6.47. The highest BCUT2D eigenvalue weighted by molar-refractivity contribution is 7.80. The second kappa shape index (κ2) is 8.79. The Labute approximate surface area is 119 Å². The monoisotopic (exact) mass is 283 g/mol. The second-order valence-corrected chi connectivity index (χ2v) is 4.30. The fourth-order valence-corrected chi connectivity index (χ4v) is 1.67. The fourth-order valence-electron chi connectivity index (χ4n) is 1.48. The van der Waals surface area contributed by atoms with Gasteiger partial charge in [0, 0.05) is 19.4 Å². The molecule has 0 bridgehead atoms. The molecule has 0 spiro atoms. The standard InChI is InChI=1S/C13H21N3O2S/c1-4-17-12(18-5-2)9-15-13(19)16-11-8-10(3)6-7-14-11/h6-8,12H,4-5,9H2,1-3H3,(H2,14,15,16,19). The van der Waals surface area contributed by atoms with Crippen molar-refractivity contribution in [3.63, 3.8) is 0 Å². The van der Waals surface area contributed by atoms with Gasteiger partial charge in [-0.3, -0.25) is 0 Å². The van der Waals surface area contributed by atoms with E-state index in [2.05, 4.69) is 15.6 Å². The van der Waals surface area contributed by atoms with Crippen molar-refractivity contribution in [1.82, 2.24) is 10.3 Å². The number of thiocarbonyl (C=S) groups is 1. The molecule has 19 heavy (non-hydrogen) atoms. The van der Waals surface area contributed by atoms with Crippen LogP contribution in [0.1, 0.15) is 19.4 Å². The lowest BCUT2D eigenvalue weighted by atomic mass is 10.3. The molecule has 1 aromatic rings. The highest BCUT2D eigenvalue weighted by Gasteiger charge is 2.08. The van der Waals surface area contributed by atoms with Crippen molar-refractivity contribution in [2.24, 2.45) is 0 Å². The predicted molar refractivity (Wildman–Crippen MR) is 80.2 cm³/mol. The van der Waals surface area contributed by atoms with Crippen molar-refractivity contribution in [3.8, 4) is 0 Å². The minimum atomic E-state index is -0.291. The summed E-state index contributed by atoms with van der Waals surface area (Å²) in [5.41, 5.74) is 1.13. The van der Waals surface area contributed by atoms with Gasteiger partial charge in [0.05, 0.1) is 6.54 Å². The summed E-state index contributed by atoms with van der Waals surface area (Å²) >= 11 is 5.19. The summed E-state index contributed by atoms with van der Waals surface area (Å²) in [6.07, 6.45) is 1.45. The zero-order valence-corrected chi connectivity index (χ0v) is 12.4. The number of aromatic nitrogens is 1. The van der Waals surface area contributed by atoms with Crippen LogP contribution >= 0.6 is 12.2 Å². The van der Waals surface area contributed by atoms with Gasteiger partial charge in [-0.2, -0.15) is 0 Å². The summed E-state index contributed by atoms with van der Waals surface area (Å²) < 4.78 is 10.8. The molecule has 0 aliphatic carbocycles. The third-order valence-electron chi connectivity index (χ3n) is 2.29. The SMILES string of the molecule is CCOC(CNC(=S)Nc1cc(C)ccn1)OCC. The summed E-state index contributed by atoms with van der Waals surface area (Å²) in [7, 11) is 0. The smallest absolute Gasteiger partial charge is 0.174 e. The van der Waals surface area contributed by atoms with Gasteiger partial charge >= 0.3 is 0 Å². The predicted octanol–water partition coefficient (Wildman–Crippen LogP) is 2.08. The van der Waals surface area contributed by atoms with Gasteiger partial charge in [-0.15, -0.1) is 0 Å². The zero-order chi connectivity index (χ0) is 14.1. The number of anilines is 1. The molecule has 0 radical (unpaired) electrons. The van der Waals surface area contributed by atoms with Crippen molar-refractivity contribution in [2.75, 3.05) is 25.1 Å². The van der Waals surface area contributed by atoms with Crippen LogP contribution < -0.4 is 10.6 Å². The van der Waals surface area contributed by atoms with E-state index in [1.54, 1.807) is 6.20 Å². The average Bonchev–Trinajstić information content (AvgIpc) is 2.36. The first-order valence-electron chi connectivity index (χ1n) is 6.36. The van der Waals surface area contributed by atoms with E-state index >= 15 is 0 Å². The van der Waals surface area contributed by atoms with E-state index in [0.717, 1.165) is 11.4 Å². The van der Waals surface area contributed by atoms with Gasteiger partial charge in [-0.1, -0.05) is 0 Å². The van der Waals surface area contributed by atoms with Crippen LogP contribution in [-0.4, -0.2) is 36.1 Å². The molecule has 2 N–H and O–H groups in total. The third-order valence-corrected chi connectivity index (χ3v) is 2.54. The quantitative estimate of drug-likeness (QED) is 0.590. The molecule has 0 amide bonds. The van der Waals surface area contributed by atoms with Crippen LogP contribution in [0.2, 0.25) is 0 Å². The van der Waals surface area contributed by atoms with E-state index in [1.165, 1.54) is 0 Å². The van der Waals surface area contributed by atoms with Crippen LogP contribution in [0.25, 0.3) is 0 Å². The van der Waals surface area contributed by atoms with E-state index in [-0.39, 0.29) is 6.29 Å². The van der Waals surface area contributed by atoms with Gasteiger partial charge in [-0.25, -0.2) is 4.98 Å². The maximum atomic E-state index is 5.41. The van der Waals surface area contributed by atoms with Crippen LogP contribution in [0.15, 0.2) is 18.3 Å². The van der Waals surface area contributed by atoms with Crippen molar-refractivity contribution in [2.45, 2.75) is 27.1 Å². The number of nitrogens with zero attached hydrogens (tertiary/aromatic N) is 1. The molecule has 1 rings (SSSR count). The summed E-state index contributed by atoms with van der Waals surface area (Å²) in [4.78, 5) is 4.18. The fraction of sp³-hybridized carbons (Fsp3) is 0.538. The van der Waals surface area contributed by atoms with E-state index in [0.29, 0.717) is 24.9 Å². The Bertz CT molecular complexity index is 395. The van der Waals surface area contributed by atoms with Gasteiger partial charge in [0.15, 0.2) is 11.4 Å². The first-order valence-corrected chi connectivity index (χ1v) is 6.77. The Morgan fingerprint density at radius 2 is 2.05 bits per heavy atom. The molecular formula is C13H21N3O2S. The molecule has 6 heteroatoms. The van der Waals surface area contributed by atoms with Crippen LogP contribution in [0.5, 0.6) is 0 Å². The molecule has 0 unspecified atom stereocenters. The Morgan fingerprint density at radius 1 is 1.37 bits per heavy atom. The summed E-state index contributed by atoms with van der Waals surface area (Å²) in [6, 6.07) is 3.86.